The van der Waals surface area contributed by atoms with Crippen molar-refractivity contribution in [1.29, 1.82) is 0 Å². The van der Waals surface area contributed by atoms with Crippen molar-refractivity contribution in [2.24, 2.45) is 5.41 Å². The lowest BCUT2D eigenvalue weighted by Crippen LogP contribution is -2.57. The number of rotatable bonds is 5. The molecule has 3 rings (SSSR count). The molecule has 3 N–H and O–H groups in total. The molecule has 1 atom stereocenters. The van der Waals surface area contributed by atoms with Crippen LogP contribution in [-0.4, -0.2) is 49.8 Å². The zero-order chi connectivity index (χ0) is 17.8. The Hall–Kier alpha value is -1.92. The lowest BCUT2D eigenvalue weighted by Gasteiger charge is -2.39. The summed E-state index contributed by atoms with van der Waals surface area (Å²) < 4.78 is 5.38. The van der Waals surface area contributed by atoms with Gasteiger partial charge >= 0.3 is 0 Å². The molecule has 0 bridgehead atoms. The van der Waals surface area contributed by atoms with E-state index in [1.54, 1.807) is 0 Å². The van der Waals surface area contributed by atoms with E-state index in [9.17, 15) is 14.7 Å². The molecule has 2 heterocycles. The number of amides is 2. The van der Waals surface area contributed by atoms with Crippen molar-refractivity contribution in [3.63, 3.8) is 0 Å². The molecule has 0 aliphatic carbocycles. The highest BCUT2D eigenvalue weighted by molar-refractivity contribution is 5.91. The van der Waals surface area contributed by atoms with Crippen molar-refractivity contribution in [2.75, 3.05) is 32.9 Å². The van der Waals surface area contributed by atoms with Gasteiger partial charge in [0.25, 0.3) is 0 Å². The molecule has 6 heteroatoms. The standard InChI is InChI=1S/C19H26N2O4/c22-14-18(8-10-25-11-9-18)12-21-17(24)19(7-6-16(23)20-13-19)15-4-2-1-3-5-15/h1-5,22H,6-14H2,(H,20,23)(H,21,24). The Kier molecular flexibility index (Phi) is 5.39. The van der Waals surface area contributed by atoms with Gasteiger partial charge in [-0.2, -0.15) is 0 Å². The molecule has 6 nitrogen and oxygen atoms in total. The highest BCUT2D eigenvalue weighted by atomic mass is 16.5. The monoisotopic (exact) mass is 346 g/mol. The fraction of sp³-hybridized carbons (Fsp3) is 0.579. The average Bonchev–Trinajstić information content (AvgIpc) is 2.68. The molecular formula is C19H26N2O4. The van der Waals surface area contributed by atoms with Gasteiger partial charge in [-0.05, 0) is 24.8 Å². The highest BCUT2D eigenvalue weighted by Crippen LogP contribution is 2.33. The van der Waals surface area contributed by atoms with Gasteiger partial charge in [-0.25, -0.2) is 0 Å². The second-order valence-electron chi connectivity index (χ2n) is 7.18. The number of aliphatic hydroxyl groups is 1. The minimum Gasteiger partial charge on any atom is -0.396 e. The first kappa shape index (κ1) is 17.9. The molecular weight excluding hydrogens is 320 g/mol. The van der Waals surface area contributed by atoms with Crippen LogP contribution in [-0.2, 0) is 19.7 Å². The first-order valence-electron chi connectivity index (χ1n) is 8.89. The van der Waals surface area contributed by atoms with Gasteiger partial charge in [0.2, 0.25) is 11.8 Å². The predicted molar refractivity (Wildman–Crippen MR) is 92.9 cm³/mol. The van der Waals surface area contributed by atoms with Crippen LogP contribution in [0.25, 0.3) is 0 Å². The SMILES string of the molecule is O=C1CCC(C(=O)NCC2(CO)CCOCC2)(c2ccccc2)CN1. The molecule has 2 amide bonds. The maximum absolute atomic E-state index is 13.2. The second kappa shape index (κ2) is 7.54. The van der Waals surface area contributed by atoms with Crippen LogP contribution in [0.1, 0.15) is 31.2 Å². The number of ether oxygens (including phenoxy) is 1. The number of carbonyl (C=O) groups excluding carboxylic acids is 2. The van der Waals surface area contributed by atoms with Crippen LogP contribution in [0.2, 0.25) is 0 Å². The lowest BCUT2D eigenvalue weighted by molar-refractivity contribution is -0.131. The minimum absolute atomic E-state index is 0.0180. The predicted octanol–water partition coefficient (Wildman–Crippen LogP) is 0.740. The molecule has 136 valence electrons. The summed E-state index contributed by atoms with van der Waals surface area (Å²) in [4.78, 5) is 24.8. The molecule has 2 aliphatic heterocycles. The zero-order valence-corrected chi connectivity index (χ0v) is 14.4. The van der Waals surface area contributed by atoms with Crippen LogP contribution in [0, 0.1) is 5.41 Å². The Bertz CT molecular complexity index is 601. The molecule has 0 saturated carbocycles. The number of nitrogens with one attached hydrogen (secondary N) is 2. The summed E-state index contributed by atoms with van der Waals surface area (Å²) in [5.41, 5.74) is -0.154. The third-order valence-corrected chi connectivity index (χ3v) is 5.64. The number of benzene rings is 1. The van der Waals surface area contributed by atoms with E-state index in [1.165, 1.54) is 0 Å². The van der Waals surface area contributed by atoms with E-state index < -0.39 is 5.41 Å². The lowest BCUT2D eigenvalue weighted by atomic mass is 9.73. The van der Waals surface area contributed by atoms with Gasteiger partial charge < -0.3 is 20.5 Å². The Balaban J connectivity index is 1.77. The van der Waals surface area contributed by atoms with Crippen molar-refractivity contribution in [3.8, 4) is 0 Å². The number of aliphatic hydroxyl groups excluding tert-OH is 1. The number of hydrogen-bond donors (Lipinski definition) is 3. The van der Waals surface area contributed by atoms with E-state index in [4.69, 9.17) is 4.74 Å². The largest absolute Gasteiger partial charge is 0.396 e. The Morgan fingerprint density at radius 1 is 1.20 bits per heavy atom. The second-order valence-corrected chi connectivity index (χ2v) is 7.18. The van der Waals surface area contributed by atoms with E-state index in [-0.39, 0.29) is 23.8 Å². The van der Waals surface area contributed by atoms with Crippen LogP contribution >= 0.6 is 0 Å². The smallest absolute Gasteiger partial charge is 0.232 e. The van der Waals surface area contributed by atoms with Gasteiger partial charge in [0, 0.05) is 38.1 Å². The molecule has 0 radical (unpaired) electrons. The number of carbonyl (C=O) groups is 2. The quantitative estimate of drug-likeness (QED) is 0.734. The van der Waals surface area contributed by atoms with Crippen molar-refractivity contribution < 1.29 is 19.4 Å². The third kappa shape index (κ3) is 3.70. The minimum atomic E-state index is -0.753. The third-order valence-electron chi connectivity index (χ3n) is 5.64. The summed E-state index contributed by atoms with van der Waals surface area (Å²) in [7, 11) is 0. The van der Waals surface area contributed by atoms with Gasteiger partial charge in [-0.1, -0.05) is 30.3 Å². The van der Waals surface area contributed by atoms with Crippen molar-refractivity contribution >= 4 is 11.8 Å². The summed E-state index contributed by atoms with van der Waals surface area (Å²) >= 11 is 0. The van der Waals surface area contributed by atoms with Crippen LogP contribution in [0.5, 0.6) is 0 Å². The van der Waals surface area contributed by atoms with Crippen molar-refractivity contribution in [1.82, 2.24) is 10.6 Å². The van der Waals surface area contributed by atoms with E-state index in [2.05, 4.69) is 10.6 Å². The molecule has 1 unspecified atom stereocenters. The normalized spacial score (nSPS) is 25.9. The fourth-order valence-electron chi connectivity index (χ4n) is 3.71. The van der Waals surface area contributed by atoms with Crippen molar-refractivity contribution in [3.05, 3.63) is 35.9 Å². The Morgan fingerprint density at radius 3 is 2.52 bits per heavy atom. The van der Waals surface area contributed by atoms with Gasteiger partial charge in [-0.15, -0.1) is 0 Å². The molecule has 2 fully saturated rings. The molecule has 2 saturated heterocycles. The van der Waals surface area contributed by atoms with Crippen molar-refractivity contribution in [2.45, 2.75) is 31.1 Å². The molecule has 0 aromatic heterocycles. The van der Waals surface area contributed by atoms with E-state index in [0.717, 1.165) is 18.4 Å². The van der Waals surface area contributed by atoms with E-state index >= 15 is 0 Å². The van der Waals surface area contributed by atoms with Crippen LogP contribution < -0.4 is 10.6 Å². The van der Waals surface area contributed by atoms with Gasteiger partial charge in [0.05, 0.1) is 12.0 Å². The topological polar surface area (TPSA) is 87.7 Å². The van der Waals surface area contributed by atoms with Crippen LogP contribution in [0.15, 0.2) is 30.3 Å². The maximum atomic E-state index is 13.2. The van der Waals surface area contributed by atoms with Crippen LogP contribution in [0.3, 0.4) is 0 Å². The molecule has 2 aliphatic rings. The summed E-state index contributed by atoms with van der Waals surface area (Å²) in [5.74, 6) is -0.103. The van der Waals surface area contributed by atoms with E-state index in [1.807, 2.05) is 30.3 Å². The molecule has 1 aromatic carbocycles. The average molecular weight is 346 g/mol. The number of hydrogen-bond acceptors (Lipinski definition) is 4. The molecule has 0 spiro atoms. The first-order chi connectivity index (χ1) is 12.1. The van der Waals surface area contributed by atoms with E-state index in [0.29, 0.717) is 39.1 Å². The summed E-state index contributed by atoms with van der Waals surface area (Å²) in [6.45, 7) is 1.98. The highest BCUT2D eigenvalue weighted by Gasteiger charge is 2.44. The zero-order valence-electron chi connectivity index (χ0n) is 14.4. The molecule has 25 heavy (non-hydrogen) atoms. The Morgan fingerprint density at radius 2 is 1.92 bits per heavy atom. The van der Waals surface area contributed by atoms with Crippen LogP contribution in [0.4, 0.5) is 0 Å². The van der Waals surface area contributed by atoms with Gasteiger partial charge in [0.15, 0.2) is 0 Å². The first-order valence-corrected chi connectivity index (χ1v) is 8.89. The Labute approximate surface area is 147 Å². The van der Waals surface area contributed by atoms with Gasteiger partial charge in [0.1, 0.15) is 0 Å². The molecule has 1 aromatic rings. The summed E-state index contributed by atoms with van der Waals surface area (Å²) in [6.07, 6.45) is 2.29. The summed E-state index contributed by atoms with van der Waals surface area (Å²) in [6, 6.07) is 9.61. The maximum Gasteiger partial charge on any atom is 0.232 e. The fourth-order valence-corrected chi connectivity index (χ4v) is 3.71. The van der Waals surface area contributed by atoms with Gasteiger partial charge in [-0.3, -0.25) is 9.59 Å². The number of piperidine rings is 1. The summed E-state index contributed by atoms with van der Waals surface area (Å²) in [5, 5.41) is 15.7.